The van der Waals surface area contributed by atoms with Crippen molar-refractivity contribution in [2.75, 3.05) is 13.6 Å². The summed E-state index contributed by atoms with van der Waals surface area (Å²) in [6.45, 7) is 8.34. The third-order valence-corrected chi connectivity index (χ3v) is 4.02. The van der Waals surface area contributed by atoms with Crippen LogP contribution in [0.1, 0.15) is 59.3 Å². The lowest BCUT2D eigenvalue weighted by atomic mass is 9.73. The lowest BCUT2D eigenvalue weighted by Gasteiger charge is -2.35. The molecule has 1 nitrogen and oxygen atoms in total. The predicted octanol–water partition coefficient (Wildman–Crippen LogP) is 3.84. The predicted molar refractivity (Wildman–Crippen MR) is 68.1 cm³/mol. The van der Waals surface area contributed by atoms with Crippen LogP contribution < -0.4 is 5.32 Å². The molecule has 1 fully saturated rings. The van der Waals surface area contributed by atoms with Gasteiger partial charge >= 0.3 is 0 Å². The van der Waals surface area contributed by atoms with Gasteiger partial charge < -0.3 is 5.32 Å². The van der Waals surface area contributed by atoms with E-state index in [9.17, 15) is 0 Å². The van der Waals surface area contributed by atoms with Gasteiger partial charge in [-0.15, -0.1) is 0 Å². The molecule has 0 aromatic rings. The van der Waals surface area contributed by atoms with E-state index >= 15 is 0 Å². The zero-order valence-electron chi connectivity index (χ0n) is 11.1. The number of hydrogen-bond acceptors (Lipinski definition) is 1. The molecule has 0 aromatic heterocycles. The van der Waals surface area contributed by atoms with E-state index in [4.69, 9.17) is 0 Å². The van der Waals surface area contributed by atoms with Crippen molar-refractivity contribution in [3.8, 4) is 0 Å². The topological polar surface area (TPSA) is 12.0 Å². The van der Waals surface area contributed by atoms with Gasteiger partial charge in [-0.1, -0.05) is 52.9 Å². The molecule has 0 spiro atoms. The van der Waals surface area contributed by atoms with Crippen LogP contribution in [0.15, 0.2) is 0 Å². The van der Waals surface area contributed by atoms with E-state index in [1.807, 2.05) is 0 Å². The van der Waals surface area contributed by atoms with Crippen LogP contribution in [0.4, 0.5) is 0 Å². The number of nitrogens with one attached hydrogen (secondary N) is 1. The van der Waals surface area contributed by atoms with Crippen LogP contribution in [0.3, 0.4) is 0 Å². The van der Waals surface area contributed by atoms with Gasteiger partial charge in [0.15, 0.2) is 0 Å². The van der Waals surface area contributed by atoms with Crippen molar-refractivity contribution in [1.29, 1.82) is 0 Å². The summed E-state index contributed by atoms with van der Waals surface area (Å²) < 4.78 is 0. The fourth-order valence-electron chi connectivity index (χ4n) is 2.81. The molecule has 1 N–H and O–H groups in total. The fraction of sp³-hybridized carbons (Fsp3) is 1.00. The summed E-state index contributed by atoms with van der Waals surface area (Å²) in [7, 11) is 2.08. The third kappa shape index (κ3) is 4.55. The molecule has 0 saturated heterocycles. The summed E-state index contributed by atoms with van der Waals surface area (Å²) >= 11 is 0. The van der Waals surface area contributed by atoms with Crippen molar-refractivity contribution >= 4 is 0 Å². The smallest absolute Gasteiger partial charge is 0.00184 e. The average Bonchev–Trinajstić information content (AvgIpc) is 2.17. The number of hydrogen-bond donors (Lipinski definition) is 1. The molecule has 0 aliphatic heterocycles. The van der Waals surface area contributed by atoms with E-state index in [2.05, 4.69) is 33.1 Å². The van der Waals surface area contributed by atoms with E-state index < -0.39 is 0 Å². The van der Waals surface area contributed by atoms with Crippen LogP contribution in [0, 0.1) is 17.3 Å². The first-order valence-electron chi connectivity index (χ1n) is 6.68. The Labute approximate surface area is 96.0 Å². The van der Waals surface area contributed by atoms with Crippen LogP contribution in [0.5, 0.6) is 0 Å². The zero-order chi connectivity index (χ0) is 11.3. The Morgan fingerprint density at radius 1 is 1.13 bits per heavy atom. The maximum Gasteiger partial charge on any atom is -0.00184 e. The molecule has 1 heteroatoms. The Kier molecular flexibility index (Phi) is 5.11. The summed E-state index contributed by atoms with van der Waals surface area (Å²) in [6.07, 6.45) is 8.82. The maximum atomic E-state index is 3.36. The van der Waals surface area contributed by atoms with Crippen LogP contribution in [0.25, 0.3) is 0 Å². The molecule has 0 radical (unpaired) electrons. The normalized spacial score (nSPS) is 21.6. The molecule has 15 heavy (non-hydrogen) atoms. The van der Waals surface area contributed by atoms with Crippen molar-refractivity contribution in [3.05, 3.63) is 0 Å². The first-order chi connectivity index (χ1) is 7.04. The highest BCUT2D eigenvalue weighted by Crippen LogP contribution is 2.36. The van der Waals surface area contributed by atoms with E-state index in [1.54, 1.807) is 0 Å². The minimum atomic E-state index is 0.459. The highest BCUT2D eigenvalue weighted by Gasteiger charge is 2.27. The van der Waals surface area contributed by atoms with E-state index in [0.717, 1.165) is 11.8 Å². The van der Waals surface area contributed by atoms with Gasteiger partial charge in [0, 0.05) is 0 Å². The molecule has 0 aromatic carbocycles. The maximum absolute atomic E-state index is 3.36. The highest BCUT2D eigenvalue weighted by atomic mass is 14.8. The second kappa shape index (κ2) is 5.89. The van der Waals surface area contributed by atoms with Crippen LogP contribution >= 0.6 is 0 Å². The van der Waals surface area contributed by atoms with Gasteiger partial charge in [0.2, 0.25) is 0 Å². The minimum absolute atomic E-state index is 0.459. The Morgan fingerprint density at radius 2 is 1.73 bits per heavy atom. The number of rotatable bonds is 4. The van der Waals surface area contributed by atoms with E-state index in [1.165, 1.54) is 45.1 Å². The van der Waals surface area contributed by atoms with Crippen molar-refractivity contribution in [1.82, 2.24) is 5.32 Å². The summed E-state index contributed by atoms with van der Waals surface area (Å²) in [5.74, 6) is 1.85. The second-order valence-electron chi connectivity index (χ2n) is 6.36. The van der Waals surface area contributed by atoms with Crippen LogP contribution in [-0.4, -0.2) is 13.6 Å². The van der Waals surface area contributed by atoms with Gasteiger partial charge in [-0.3, -0.25) is 0 Å². The SMILES string of the molecule is CNCC(CC1CCCCC1)C(C)(C)C. The molecule has 1 aliphatic carbocycles. The molecule has 1 atom stereocenters. The van der Waals surface area contributed by atoms with Crippen molar-refractivity contribution in [2.24, 2.45) is 17.3 Å². The van der Waals surface area contributed by atoms with Crippen LogP contribution in [-0.2, 0) is 0 Å². The lowest BCUT2D eigenvalue weighted by Crippen LogP contribution is -2.32. The quantitative estimate of drug-likeness (QED) is 0.745. The molecule has 0 bridgehead atoms. The molecular weight excluding hydrogens is 182 g/mol. The molecule has 0 amide bonds. The van der Waals surface area contributed by atoms with Gasteiger partial charge in [0.1, 0.15) is 0 Å². The molecule has 1 rings (SSSR count). The standard InChI is InChI=1S/C14H29N/c1-14(2,3)13(11-15-4)10-12-8-6-5-7-9-12/h12-13,15H,5-11H2,1-4H3. The van der Waals surface area contributed by atoms with Gasteiger partial charge in [0.05, 0.1) is 0 Å². The molecule has 90 valence electrons. The van der Waals surface area contributed by atoms with Gasteiger partial charge in [0.25, 0.3) is 0 Å². The Balaban J connectivity index is 2.42. The first kappa shape index (κ1) is 13.0. The van der Waals surface area contributed by atoms with E-state index in [-0.39, 0.29) is 0 Å². The Bertz CT molecular complexity index is 163. The molecule has 1 unspecified atom stereocenters. The van der Waals surface area contributed by atoms with Crippen molar-refractivity contribution < 1.29 is 0 Å². The largest absolute Gasteiger partial charge is 0.319 e. The third-order valence-electron chi connectivity index (χ3n) is 4.02. The van der Waals surface area contributed by atoms with Crippen molar-refractivity contribution in [3.63, 3.8) is 0 Å². The Morgan fingerprint density at radius 3 is 2.20 bits per heavy atom. The summed E-state index contributed by atoms with van der Waals surface area (Å²) in [5, 5.41) is 3.36. The fourth-order valence-corrected chi connectivity index (χ4v) is 2.81. The minimum Gasteiger partial charge on any atom is -0.319 e. The van der Waals surface area contributed by atoms with Gasteiger partial charge in [-0.2, -0.15) is 0 Å². The first-order valence-corrected chi connectivity index (χ1v) is 6.68. The van der Waals surface area contributed by atoms with Crippen LogP contribution in [0.2, 0.25) is 0 Å². The Hall–Kier alpha value is -0.0400. The second-order valence-corrected chi connectivity index (χ2v) is 6.36. The summed E-state index contributed by atoms with van der Waals surface area (Å²) in [4.78, 5) is 0. The monoisotopic (exact) mass is 211 g/mol. The average molecular weight is 211 g/mol. The highest BCUT2D eigenvalue weighted by molar-refractivity contribution is 4.79. The van der Waals surface area contributed by atoms with E-state index in [0.29, 0.717) is 5.41 Å². The summed E-state index contributed by atoms with van der Waals surface area (Å²) in [6, 6.07) is 0. The lowest BCUT2D eigenvalue weighted by molar-refractivity contribution is 0.173. The summed E-state index contributed by atoms with van der Waals surface area (Å²) in [5.41, 5.74) is 0.459. The van der Waals surface area contributed by atoms with Gasteiger partial charge in [-0.05, 0) is 37.3 Å². The molecule has 1 saturated carbocycles. The molecule has 1 aliphatic rings. The molecular formula is C14H29N. The van der Waals surface area contributed by atoms with Crippen molar-refractivity contribution in [2.45, 2.75) is 59.3 Å². The molecule has 0 heterocycles. The zero-order valence-corrected chi connectivity index (χ0v) is 11.1. The van der Waals surface area contributed by atoms with Gasteiger partial charge in [-0.25, -0.2) is 0 Å².